The summed E-state index contributed by atoms with van der Waals surface area (Å²) in [7, 11) is 4.01. The normalized spacial score (nSPS) is 10.9. The van der Waals surface area contributed by atoms with Crippen molar-refractivity contribution in [1.82, 2.24) is 24.1 Å². The Morgan fingerprint density at radius 3 is 2.29 bits per heavy atom. The second-order valence-corrected chi connectivity index (χ2v) is 8.46. The molecule has 0 saturated carbocycles. The van der Waals surface area contributed by atoms with Gasteiger partial charge in [-0.05, 0) is 66.7 Å². The van der Waals surface area contributed by atoms with Crippen LogP contribution in [0.15, 0.2) is 97.7 Å². The average molecular weight is 455 g/mol. The molecule has 4 aromatic heterocycles. The van der Waals surface area contributed by atoms with Crippen LogP contribution in [0.1, 0.15) is 11.1 Å². The fraction of sp³-hybridized carbons (Fsp3) is 0.0690. The van der Waals surface area contributed by atoms with Gasteiger partial charge < -0.3 is 9.47 Å². The standard InChI is InChI=1S/C29H22N6/c1-33(2)29-32-27-20-31-26-14-9-21(7-8-22-6-5-15-30-19-22)18-25(26)28(27)35(29)24-12-10-23(11-13-24)34-16-3-4-17-34/h3-6,9-20H,1-2H3. The van der Waals surface area contributed by atoms with Gasteiger partial charge in [0.2, 0.25) is 5.95 Å². The molecular formula is C29H22N6. The van der Waals surface area contributed by atoms with Crippen LogP contribution in [0.4, 0.5) is 5.95 Å². The Hall–Kier alpha value is -4.89. The monoisotopic (exact) mass is 454 g/mol. The third-order valence-electron chi connectivity index (χ3n) is 5.89. The van der Waals surface area contributed by atoms with Crippen molar-refractivity contribution in [3.05, 3.63) is 109 Å². The summed E-state index contributed by atoms with van der Waals surface area (Å²) < 4.78 is 4.28. The van der Waals surface area contributed by atoms with E-state index in [0.717, 1.165) is 50.4 Å². The van der Waals surface area contributed by atoms with Gasteiger partial charge >= 0.3 is 0 Å². The van der Waals surface area contributed by atoms with E-state index in [2.05, 4.69) is 61.3 Å². The average Bonchev–Trinajstić information content (AvgIpc) is 3.57. The molecule has 168 valence electrons. The summed E-state index contributed by atoms with van der Waals surface area (Å²) in [6, 6.07) is 22.5. The van der Waals surface area contributed by atoms with Crippen LogP contribution >= 0.6 is 0 Å². The van der Waals surface area contributed by atoms with Crippen molar-refractivity contribution in [3.63, 3.8) is 0 Å². The summed E-state index contributed by atoms with van der Waals surface area (Å²) in [5.41, 5.74) is 6.69. The molecule has 2 aromatic carbocycles. The summed E-state index contributed by atoms with van der Waals surface area (Å²) in [5, 5.41) is 1.01. The van der Waals surface area contributed by atoms with Gasteiger partial charge in [-0.1, -0.05) is 11.8 Å². The predicted octanol–water partition coefficient (Wildman–Crippen LogP) is 5.23. The van der Waals surface area contributed by atoms with Gasteiger partial charge in [0.1, 0.15) is 5.52 Å². The van der Waals surface area contributed by atoms with Gasteiger partial charge in [-0.3, -0.25) is 14.5 Å². The van der Waals surface area contributed by atoms with Crippen LogP contribution in [0.2, 0.25) is 0 Å². The first-order valence-electron chi connectivity index (χ1n) is 11.3. The number of rotatable bonds is 3. The van der Waals surface area contributed by atoms with Crippen LogP contribution in [-0.4, -0.2) is 38.2 Å². The van der Waals surface area contributed by atoms with Gasteiger partial charge in [0.05, 0.1) is 17.2 Å². The number of anilines is 1. The van der Waals surface area contributed by atoms with Gasteiger partial charge in [-0.25, -0.2) is 4.98 Å². The molecule has 0 amide bonds. The maximum Gasteiger partial charge on any atom is 0.210 e. The van der Waals surface area contributed by atoms with E-state index >= 15 is 0 Å². The molecule has 0 aliphatic rings. The SMILES string of the molecule is CN(C)c1nc2cnc3ccc(C#Cc4cccnc4)cc3c2n1-c1ccc(-n2cccc2)cc1. The molecule has 6 aromatic rings. The molecule has 0 atom stereocenters. The minimum atomic E-state index is 0.841. The van der Waals surface area contributed by atoms with Crippen LogP contribution in [0.3, 0.4) is 0 Å². The summed E-state index contributed by atoms with van der Waals surface area (Å²) in [4.78, 5) is 15.7. The highest BCUT2D eigenvalue weighted by Gasteiger charge is 2.17. The zero-order valence-electron chi connectivity index (χ0n) is 19.4. The number of pyridine rings is 2. The van der Waals surface area contributed by atoms with Crippen molar-refractivity contribution in [2.75, 3.05) is 19.0 Å². The lowest BCUT2D eigenvalue weighted by Crippen LogP contribution is -2.14. The molecule has 6 heteroatoms. The molecule has 0 saturated heterocycles. The van der Waals surface area contributed by atoms with E-state index < -0.39 is 0 Å². The molecule has 0 radical (unpaired) electrons. The van der Waals surface area contributed by atoms with Gasteiger partial charge in [0.25, 0.3) is 0 Å². The topological polar surface area (TPSA) is 51.8 Å². The minimum absolute atomic E-state index is 0.841. The first kappa shape index (κ1) is 20.7. The molecule has 4 heterocycles. The van der Waals surface area contributed by atoms with E-state index in [4.69, 9.17) is 4.98 Å². The summed E-state index contributed by atoms with van der Waals surface area (Å²) in [6.07, 6.45) is 9.44. The molecule has 0 aliphatic carbocycles. The summed E-state index contributed by atoms with van der Waals surface area (Å²) in [6.45, 7) is 0. The Balaban J connectivity index is 1.54. The highest BCUT2D eigenvalue weighted by Crippen LogP contribution is 2.32. The van der Waals surface area contributed by atoms with E-state index in [1.54, 1.807) is 12.4 Å². The summed E-state index contributed by atoms with van der Waals surface area (Å²) in [5.74, 6) is 7.31. The molecule has 0 spiro atoms. The number of fused-ring (bicyclic) bond motifs is 3. The van der Waals surface area contributed by atoms with Gasteiger partial charge in [0.15, 0.2) is 0 Å². The van der Waals surface area contributed by atoms with Gasteiger partial charge in [-0.15, -0.1) is 0 Å². The first-order chi connectivity index (χ1) is 17.2. The Bertz CT molecular complexity index is 1700. The van der Waals surface area contributed by atoms with E-state index in [-0.39, 0.29) is 0 Å². The molecular weight excluding hydrogens is 432 g/mol. The molecule has 6 nitrogen and oxygen atoms in total. The van der Waals surface area contributed by atoms with Crippen molar-refractivity contribution in [2.24, 2.45) is 0 Å². The molecule has 6 rings (SSSR count). The molecule has 0 bridgehead atoms. The number of aromatic nitrogens is 5. The van der Waals surface area contributed by atoms with Crippen LogP contribution in [0, 0.1) is 11.8 Å². The van der Waals surface area contributed by atoms with E-state index in [9.17, 15) is 0 Å². The van der Waals surface area contributed by atoms with Crippen molar-refractivity contribution in [2.45, 2.75) is 0 Å². The Morgan fingerprint density at radius 1 is 0.771 bits per heavy atom. The van der Waals surface area contributed by atoms with Crippen molar-refractivity contribution in [3.8, 4) is 23.2 Å². The maximum atomic E-state index is 4.91. The second kappa shape index (κ2) is 8.47. The maximum absolute atomic E-state index is 4.91. The van der Waals surface area contributed by atoms with Crippen LogP contribution in [0.25, 0.3) is 33.3 Å². The first-order valence-corrected chi connectivity index (χ1v) is 11.3. The zero-order chi connectivity index (χ0) is 23.8. The summed E-state index contributed by atoms with van der Waals surface area (Å²) >= 11 is 0. The van der Waals surface area contributed by atoms with Gasteiger partial charge in [-0.2, -0.15) is 0 Å². The molecule has 0 unspecified atom stereocenters. The van der Waals surface area contributed by atoms with Crippen LogP contribution in [-0.2, 0) is 0 Å². The molecule has 0 fully saturated rings. The zero-order valence-corrected chi connectivity index (χ0v) is 19.4. The van der Waals surface area contributed by atoms with Crippen molar-refractivity contribution in [1.29, 1.82) is 0 Å². The lowest BCUT2D eigenvalue weighted by Gasteiger charge is -2.16. The number of hydrogen-bond acceptors (Lipinski definition) is 4. The van der Waals surface area contributed by atoms with Crippen LogP contribution in [0.5, 0.6) is 0 Å². The van der Waals surface area contributed by atoms with Gasteiger partial charge in [0, 0.05) is 66.8 Å². The highest BCUT2D eigenvalue weighted by molar-refractivity contribution is 6.04. The van der Waals surface area contributed by atoms with Crippen molar-refractivity contribution < 1.29 is 0 Å². The third-order valence-corrected chi connectivity index (χ3v) is 5.89. The van der Waals surface area contributed by atoms with E-state index in [1.165, 1.54) is 0 Å². The Labute approximate surface area is 203 Å². The van der Waals surface area contributed by atoms with E-state index in [0.29, 0.717) is 0 Å². The fourth-order valence-corrected chi connectivity index (χ4v) is 4.23. The lowest BCUT2D eigenvalue weighted by atomic mass is 10.1. The smallest absolute Gasteiger partial charge is 0.210 e. The second-order valence-electron chi connectivity index (χ2n) is 8.46. The number of imidazole rings is 1. The molecule has 0 N–H and O–H groups in total. The minimum Gasteiger partial charge on any atom is -0.348 e. The predicted molar refractivity (Wildman–Crippen MR) is 140 cm³/mol. The van der Waals surface area contributed by atoms with Crippen molar-refractivity contribution >= 4 is 27.9 Å². The third kappa shape index (κ3) is 3.79. The quantitative estimate of drug-likeness (QED) is 0.344. The fourth-order valence-electron chi connectivity index (χ4n) is 4.23. The number of hydrogen-bond donors (Lipinski definition) is 0. The lowest BCUT2D eigenvalue weighted by molar-refractivity contribution is 0.970. The molecule has 0 aliphatic heterocycles. The number of benzene rings is 2. The molecule has 35 heavy (non-hydrogen) atoms. The number of nitrogens with zero attached hydrogens (tertiary/aromatic N) is 6. The largest absolute Gasteiger partial charge is 0.348 e. The van der Waals surface area contributed by atoms with E-state index in [1.807, 2.05) is 74.0 Å². The Kier molecular flexibility index (Phi) is 5.01. The highest BCUT2D eigenvalue weighted by atomic mass is 15.3. The Morgan fingerprint density at radius 2 is 1.54 bits per heavy atom. The van der Waals surface area contributed by atoms with Crippen LogP contribution < -0.4 is 4.90 Å².